The largest absolute Gasteiger partial charge is 0.251 e. The van der Waals surface area contributed by atoms with Gasteiger partial charge in [-0.1, -0.05) is 0 Å². The van der Waals surface area contributed by atoms with Gasteiger partial charge in [0.15, 0.2) is 0 Å². The molecule has 0 aliphatic rings. The van der Waals surface area contributed by atoms with E-state index in [1.165, 1.54) is 11.3 Å². The van der Waals surface area contributed by atoms with E-state index in [1.54, 1.807) is 23.2 Å². The first-order valence-corrected chi connectivity index (χ1v) is 9.26. The third-order valence-corrected chi connectivity index (χ3v) is 6.84. The molecule has 1 atom stereocenters. The summed E-state index contributed by atoms with van der Waals surface area (Å²) in [5.74, 6) is 0.954. The van der Waals surface area contributed by atoms with Gasteiger partial charge in [0.25, 0.3) is 10.0 Å². The zero-order chi connectivity index (χ0) is 12.2. The molecule has 0 spiro atoms. The van der Waals surface area contributed by atoms with Gasteiger partial charge in [0.2, 0.25) is 0 Å². The summed E-state index contributed by atoms with van der Waals surface area (Å²) in [5.41, 5.74) is 0. The summed E-state index contributed by atoms with van der Waals surface area (Å²) in [5, 5.41) is 1.76. The van der Waals surface area contributed by atoms with E-state index in [0.29, 0.717) is 8.68 Å². The van der Waals surface area contributed by atoms with Crippen LogP contribution in [0.2, 0.25) is 0 Å². The topological polar surface area (TPSA) is 46.2 Å². The van der Waals surface area contributed by atoms with Crippen molar-refractivity contribution in [1.29, 1.82) is 0 Å². The maximum atomic E-state index is 12.0. The van der Waals surface area contributed by atoms with Gasteiger partial charge in [-0.3, -0.25) is 0 Å². The van der Waals surface area contributed by atoms with E-state index < -0.39 is 10.0 Å². The molecule has 7 heteroatoms. The molecule has 0 saturated heterocycles. The summed E-state index contributed by atoms with van der Waals surface area (Å²) in [4.78, 5) is 0. The van der Waals surface area contributed by atoms with E-state index >= 15 is 0 Å². The van der Waals surface area contributed by atoms with Crippen molar-refractivity contribution in [3.05, 3.63) is 15.9 Å². The number of thioether (sulfide) groups is 1. The predicted molar refractivity (Wildman–Crippen MR) is 74.8 cm³/mol. The van der Waals surface area contributed by atoms with Crippen LogP contribution in [0.25, 0.3) is 0 Å². The standard InChI is InChI=1S/C9H14BrNO2S3/c1-7(3-5-14-2)11-16(12,13)9-8(10)4-6-15-9/h4,6-7,11H,3,5H2,1-2H3. The quantitative estimate of drug-likeness (QED) is 0.863. The summed E-state index contributed by atoms with van der Waals surface area (Å²) in [6.07, 6.45) is 2.85. The Hall–Kier alpha value is 0.440. The highest BCUT2D eigenvalue weighted by molar-refractivity contribution is 9.10. The summed E-state index contributed by atoms with van der Waals surface area (Å²) in [6.45, 7) is 1.88. The van der Waals surface area contributed by atoms with Crippen molar-refractivity contribution in [2.24, 2.45) is 0 Å². The molecule has 0 radical (unpaired) electrons. The molecule has 0 bridgehead atoms. The lowest BCUT2D eigenvalue weighted by Gasteiger charge is -2.12. The van der Waals surface area contributed by atoms with Crippen LogP contribution in [0.15, 0.2) is 20.1 Å². The summed E-state index contributed by atoms with van der Waals surface area (Å²) >= 11 is 6.17. The number of hydrogen-bond acceptors (Lipinski definition) is 4. The van der Waals surface area contributed by atoms with Crippen LogP contribution < -0.4 is 4.72 Å². The molecule has 0 aliphatic heterocycles. The number of rotatable bonds is 6. The molecule has 1 unspecified atom stereocenters. The lowest BCUT2D eigenvalue weighted by molar-refractivity contribution is 0.558. The second kappa shape index (κ2) is 6.39. The minimum absolute atomic E-state index is 0.0357. The fourth-order valence-corrected chi connectivity index (χ4v) is 5.37. The number of sulfonamides is 1. The second-order valence-corrected chi connectivity index (χ2v) is 8.03. The molecule has 1 heterocycles. The summed E-state index contributed by atoms with van der Waals surface area (Å²) in [7, 11) is -3.36. The molecule has 0 amide bonds. The van der Waals surface area contributed by atoms with E-state index in [0.717, 1.165) is 12.2 Å². The van der Waals surface area contributed by atoms with Gasteiger partial charge >= 0.3 is 0 Å². The van der Waals surface area contributed by atoms with E-state index in [1.807, 2.05) is 13.2 Å². The average Bonchev–Trinajstić information content (AvgIpc) is 2.61. The fraction of sp³-hybridized carbons (Fsp3) is 0.556. The highest BCUT2D eigenvalue weighted by Gasteiger charge is 2.21. The van der Waals surface area contributed by atoms with Gasteiger partial charge < -0.3 is 0 Å². The first kappa shape index (κ1) is 14.5. The van der Waals surface area contributed by atoms with Crippen LogP contribution in [0.1, 0.15) is 13.3 Å². The van der Waals surface area contributed by atoms with Crippen molar-refractivity contribution in [1.82, 2.24) is 4.72 Å². The third-order valence-electron chi connectivity index (χ3n) is 1.94. The molecule has 0 aliphatic carbocycles. The molecular weight excluding hydrogens is 330 g/mol. The Morgan fingerprint density at radius 1 is 1.62 bits per heavy atom. The van der Waals surface area contributed by atoms with Crippen molar-refractivity contribution in [3.63, 3.8) is 0 Å². The number of halogens is 1. The van der Waals surface area contributed by atoms with Crippen molar-refractivity contribution < 1.29 is 8.42 Å². The van der Waals surface area contributed by atoms with E-state index in [2.05, 4.69) is 20.7 Å². The number of nitrogens with one attached hydrogen (secondary N) is 1. The highest BCUT2D eigenvalue weighted by Crippen LogP contribution is 2.27. The Morgan fingerprint density at radius 2 is 2.31 bits per heavy atom. The van der Waals surface area contributed by atoms with Crippen LogP contribution in [0.5, 0.6) is 0 Å². The molecule has 0 fully saturated rings. The van der Waals surface area contributed by atoms with Crippen molar-refractivity contribution in [2.75, 3.05) is 12.0 Å². The molecule has 3 nitrogen and oxygen atoms in total. The SMILES string of the molecule is CSCCC(C)NS(=O)(=O)c1sccc1Br. The van der Waals surface area contributed by atoms with Crippen LogP contribution in [-0.4, -0.2) is 26.5 Å². The molecule has 1 aromatic heterocycles. The molecule has 1 N–H and O–H groups in total. The maximum absolute atomic E-state index is 12.0. The molecule has 1 aromatic rings. The maximum Gasteiger partial charge on any atom is 0.251 e. The monoisotopic (exact) mass is 343 g/mol. The van der Waals surface area contributed by atoms with Crippen LogP contribution in [-0.2, 0) is 10.0 Å². The molecule has 16 heavy (non-hydrogen) atoms. The Kier molecular flexibility index (Phi) is 5.79. The van der Waals surface area contributed by atoms with Gasteiger partial charge in [-0.2, -0.15) is 11.8 Å². The van der Waals surface area contributed by atoms with Gasteiger partial charge in [-0.05, 0) is 52.7 Å². The van der Waals surface area contributed by atoms with Crippen molar-refractivity contribution in [2.45, 2.75) is 23.6 Å². The van der Waals surface area contributed by atoms with Gasteiger partial charge in [-0.25, -0.2) is 13.1 Å². The molecule has 1 rings (SSSR count). The summed E-state index contributed by atoms with van der Waals surface area (Å²) in [6, 6.07) is 1.71. The average molecular weight is 344 g/mol. The van der Waals surface area contributed by atoms with Crippen LogP contribution in [0.4, 0.5) is 0 Å². The van der Waals surface area contributed by atoms with Crippen molar-refractivity contribution in [3.8, 4) is 0 Å². The smallest absolute Gasteiger partial charge is 0.208 e. The Morgan fingerprint density at radius 3 is 2.81 bits per heavy atom. The van der Waals surface area contributed by atoms with Gasteiger partial charge in [0.1, 0.15) is 4.21 Å². The van der Waals surface area contributed by atoms with Crippen LogP contribution in [0, 0.1) is 0 Å². The first-order valence-electron chi connectivity index (χ1n) is 4.71. The lowest BCUT2D eigenvalue weighted by atomic mass is 10.3. The minimum Gasteiger partial charge on any atom is -0.208 e. The van der Waals surface area contributed by atoms with E-state index in [9.17, 15) is 8.42 Å². The van der Waals surface area contributed by atoms with Gasteiger partial charge in [0, 0.05) is 10.5 Å². The van der Waals surface area contributed by atoms with Gasteiger partial charge in [0.05, 0.1) is 0 Å². The van der Waals surface area contributed by atoms with E-state index in [-0.39, 0.29) is 6.04 Å². The second-order valence-electron chi connectivity index (χ2n) is 3.36. The molecular formula is C9H14BrNO2S3. The zero-order valence-corrected chi connectivity index (χ0v) is 13.1. The Balaban J connectivity index is 2.69. The molecule has 0 aromatic carbocycles. The highest BCUT2D eigenvalue weighted by atomic mass is 79.9. The van der Waals surface area contributed by atoms with Crippen molar-refractivity contribution >= 4 is 49.1 Å². The normalized spacial score (nSPS) is 13.9. The van der Waals surface area contributed by atoms with E-state index in [4.69, 9.17) is 0 Å². The zero-order valence-electron chi connectivity index (χ0n) is 9.07. The van der Waals surface area contributed by atoms with Crippen LogP contribution >= 0.6 is 39.0 Å². The fourth-order valence-electron chi connectivity index (χ4n) is 1.14. The third kappa shape index (κ3) is 4.03. The Bertz CT molecular complexity index is 430. The predicted octanol–water partition coefficient (Wildman–Crippen LogP) is 2.93. The number of thiophene rings is 1. The lowest BCUT2D eigenvalue weighted by Crippen LogP contribution is -2.32. The van der Waals surface area contributed by atoms with Crippen LogP contribution in [0.3, 0.4) is 0 Å². The number of hydrogen-bond donors (Lipinski definition) is 1. The Labute approximate surface area is 113 Å². The molecule has 92 valence electrons. The molecule has 0 saturated carbocycles. The van der Waals surface area contributed by atoms with Gasteiger partial charge in [-0.15, -0.1) is 11.3 Å². The summed E-state index contributed by atoms with van der Waals surface area (Å²) < 4.78 is 27.6. The minimum atomic E-state index is -3.36. The first-order chi connectivity index (χ1) is 7.47.